The summed E-state index contributed by atoms with van der Waals surface area (Å²) < 4.78 is 39.6. The summed E-state index contributed by atoms with van der Waals surface area (Å²) in [5, 5.41) is 7.12. The first-order valence-electron chi connectivity index (χ1n) is 11.1. The van der Waals surface area contributed by atoms with E-state index in [1.165, 1.54) is 5.69 Å². The van der Waals surface area contributed by atoms with Crippen molar-refractivity contribution < 1.29 is 32.3 Å². The Morgan fingerprint density at radius 3 is 2.54 bits per heavy atom. The van der Waals surface area contributed by atoms with E-state index >= 15 is 0 Å². The van der Waals surface area contributed by atoms with E-state index in [2.05, 4.69) is 45.8 Å². The number of aromatic nitrogens is 2. The molecule has 1 saturated heterocycles. The molecule has 2 aliphatic rings. The number of hydrogen-bond donors (Lipinski definition) is 1. The zero-order valence-corrected chi connectivity index (χ0v) is 19.5. The molecular formula is C24H25F3N4O4. The first-order chi connectivity index (χ1) is 16.5. The number of furan rings is 1. The van der Waals surface area contributed by atoms with Crippen LogP contribution in [0.15, 0.2) is 47.1 Å². The summed E-state index contributed by atoms with van der Waals surface area (Å²) in [5.41, 5.74) is 3.08. The molecule has 186 valence electrons. The Labute approximate surface area is 199 Å². The normalized spacial score (nSPS) is 18.7. The summed E-state index contributed by atoms with van der Waals surface area (Å²) in [4.78, 5) is 31.0. The van der Waals surface area contributed by atoms with Gasteiger partial charge < -0.3 is 23.9 Å². The van der Waals surface area contributed by atoms with Gasteiger partial charge in [0.05, 0.1) is 17.9 Å². The van der Waals surface area contributed by atoms with Crippen molar-refractivity contribution in [1.29, 1.82) is 0 Å². The highest BCUT2D eigenvalue weighted by Crippen LogP contribution is 2.47. The number of fused-ring (bicyclic) bond motifs is 4. The van der Waals surface area contributed by atoms with E-state index < -0.39 is 12.1 Å². The molecule has 5 heterocycles. The lowest BCUT2D eigenvalue weighted by Gasteiger charge is -2.46. The van der Waals surface area contributed by atoms with Gasteiger partial charge >= 0.3 is 12.1 Å². The van der Waals surface area contributed by atoms with Gasteiger partial charge in [-0.15, -0.1) is 0 Å². The Hall–Kier alpha value is -3.76. The molecule has 1 amide bonds. The molecule has 3 aromatic heterocycles. The van der Waals surface area contributed by atoms with Gasteiger partial charge in [-0.2, -0.15) is 13.2 Å². The van der Waals surface area contributed by atoms with Crippen LogP contribution in [0.1, 0.15) is 40.9 Å². The summed E-state index contributed by atoms with van der Waals surface area (Å²) in [5.74, 6) is -0.592. The number of alkyl halides is 3. The Bertz CT molecular complexity index is 1250. The van der Waals surface area contributed by atoms with Crippen LogP contribution in [-0.2, 0) is 10.3 Å². The molecule has 5 rings (SSSR count). The summed E-state index contributed by atoms with van der Waals surface area (Å²) in [7, 11) is 0. The molecule has 3 aromatic rings. The number of amides is 1. The lowest BCUT2D eigenvalue weighted by Crippen LogP contribution is -2.52. The van der Waals surface area contributed by atoms with Crippen LogP contribution in [0.25, 0.3) is 5.82 Å². The van der Waals surface area contributed by atoms with E-state index in [0.717, 1.165) is 35.8 Å². The fraction of sp³-hybridized carbons (Fsp3) is 0.375. The largest absolute Gasteiger partial charge is 0.490 e. The van der Waals surface area contributed by atoms with Crippen LogP contribution >= 0.6 is 0 Å². The molecular weight excluding hydrogens is 465 g/mol. The molecule has 0 radical (unpaired) electrons. The van der Waals surface area contributed by atoms with E-state index in [0.29, 0.717) is 18.8 Å². The quantitative estimate of drug-likeness (QED) is 0.576. The molecule has 35 heavy (non-hydrogen) atoms. The number of hydrogen-bond acceptors (Lipinski definition) is 5. The maximum atomic E-state index is 13.1. The predicted molar refractivity (Wildman–Crippen MR) is 121 cm³/mol. The number of pyridine rings is 1. The minimum absolute atomic E-state index is 0.0285. The van der Waals surface area contributed by atoms with Crippen molar-refractivity contribution in [2.75, 3.05) is 24.5 Å². The second kappa shape index (κ2) is 8.79. The van der Waals surface area contributed by atoms with Crippen LogP contribution in [0, 0.1) is 13.8 Å². The highest BCUT2D eigenvalue weighted by atomic mass is 19.4. The van der Waals surface area contributed by atoms with Crippen molar-refractivity contribution in [3.05, 3.63) is 65.5 Å². The van der Waals surface area contributed by atoms with Crippen molar-refractivity contribution in [1.82, 2.24) is 14.5 Å². The number of aliphatic carboxylic acids is 1. The molecule has 0 saturated carbocycles. The fourth-order valence-corrected chi connectivity index (χ4v) is 4.80. The highest BCUT2D eigenvalue weighted by molar-refractivity contribution is 5.92. The topological polar surface area (TPSA) is 91.8 Å². The number of aryl methyl sites for hydroxylation is 2. The summed E-state index contributed by atoms with van der Waals surface area (Å²) in [6.45, 7) is 8.23. The monoisotopic (exact) mass is 490 g/mol. The summed E-state index contributed by atoms with van der Waals surface area (Å²) in [6, 6.07) is 10.2. The molecule has 0 aromatic carbocycles. The number of halogens is 3. The lowest BCUT2D eigenvalue weighted by atomic mass is 9.89. The number of carbonyl (C=O) groups is 2. The Kier molecular flexibility index (Phi) is 6.12. The van der Waals surface area contributed by atoms with E-state index in [4.69, 9.17) is 14.3 Å². The number of likely N-dealkylation sites (tertiary alicyclic amines) is 1. The number of rotatable bonds is 2. The maximum absolute atomic E-state index is 13.1. The van der Waals surface area contributed by atoms with E-state index in [-0.39, 0.29) is 11.4 Å². The molecule has 11 heteroatoms. The number of carboxylic acid groups (broad SMARTS) is 1. The molecule has 8 nitrogen and oxygen atoms in total. The fourth-order valence-electron chi connectivity index (χ4n) is 4.80. The van der Waals surface area contributed by atoms with Crippen LogP contribution in [0.4, 0.5) is 18.9 Å². The standard InChI is InChI=1S/C22H24N4O2.C2HF3O2/c1-4-26-17-7-5-10-23-20(17)25-11-6-8-19(25)22(26)9-12-24(14-22)21(27)18-13-15(2)16(3)28-18;3-2(4,5)1(6)7/h5-8,10-11,13H,4,9,12,14H2,1-3H3;(H,6,7). The van der Waals surface area contributed by atoms with Crippen LogP contribution in [0.2, 0.25) is 0 Å². The average molecular weight is 490 g/mol. The van der Waals surface area contributed by atoms with Gasteiger partial charge in [0.25, 0.3) is 5.91 Å². The van der Waals surface area contributed by atoms with Crippen LogP contribution < -0.4 is 4.90 Å². The number of likely N-dealkylation sites (N-methyl/N-ethyl adjacent to an activating group) is 1. The summed E-state index contributed by atoms with van der Waals surface area (Å²) in [6.07, 6.45) is -0.302. The van der Waals surface area contributed by atoms with E-state index in [9.17, 15) is 18.0 Å². The second-order valence-corrected chi connectivity index (χ2v) is 8.51. The third kappa shape index (κ3) is 4.15. The van der Waals surface area contributed by atoms with Crippen LogP contribution in [0.5, 0.6) is 0 Å². The molecule has 1 atom stereocenters. The SMILES string of the molecule is CCN1c2cccnc2-n2cccc2C12CCN(C(=O)c1cc(C)c(C)o1)C2.O=C(O)C(F)(F)F. The predicted octanol–water partition coefficient (Wildman–Crippen LogP) is 4.30. The maximum Gasteiger partial charge on any atom is 0.490 e. The van der Waals surface area contributed by atoms with Gasteiger partial charge in [0.15, 0.2) is 11.6 Å². The first kappa shape index (κ1) is 24.4. The zero-order valence-electron chi connectivity index (χ0n) is 19.5. The molecule has 0 bridgehead atoms. The van der Waals surface area contributed by atoms with Crippen molar-refractivity contribution in [2.45, 2.75) is 38.9 Å². The minimum atomic E-state index is -5.08. The van der Waals surface area contributed by atoms with Crippen molar-refractivity contribution in [3.8, 4) is 5.82 Å². The Balaban J connectivity index is 0.000000364. The molecule has 1 fully saturated rings. The van der Waals surface area contributed by atoms with Gasteiger partial charge in [-0.05, 0) is 63.1 Å². The zero-order chi connectivity index (χ0) is 25.5. The van der Waals surface area contributed by atoms with Crippen molar-refractivity contribution in [3.63, 3.8) is 0 Å². The summed E-state index contributed by atoms with van der Waals surface area (Å²) >= 11 is 0. The number of carbonyl (C=O) groups excluding carboxylic acids is 1. The third-order valence-electron chi connectivity index (χ3n) is 6.50. The minimum Gasteiger partial charge on any atom is -0.475 e. The van der Waals surface area contributed by atoms with Gasteiger partial charge in [0.2, 0.25) is 0 Å². The molecule has 1 unspecified atom stereocenters. The number of carboxylic acids is 1. The van der Waals surface area contributed by atoms with E-state index in [1.807, 2.05) is 37.1 Å². The van der Waals surface area contributed by atoms with Gasteiger partial charge in [-0.25, -0.2) is 9.78 Å². The average Bonchev–Trinajstić information content (AvgIpc) is 3.54. The van der Waals surface area contributed by atoms with Gasteiger partial charge in [0.1, 0.15) is 11.3 Å². The molecule has 0 aliphatic carbocycles. The second-order valence-electron chi connectivity index (χ2n) is 8.51. The number of anilines is 1. The molecule has 1 spiro atoms. The third-order valence-corrected chi connectivity index (χ3v) is 6.50. The van der Waals surface area contributed by atoms with Gasteiger partial charge in [-0.1, -0.05) is 0 Å². The van der Waals surface area contributed by atoms with Crippen LogP contribution in [-0.4, -0.2) is 57.2 Å². The Morgan fingerprint density at radius 2 is 1.94 bits per heavy atom. The van der Waals surface area contributed by atoms with Crippen molar-refractivity contribution in [2.24, 2.45) is 0 Å². The van der Waals surface area contributed by atoms with Gasteiger partial charge in [0, 0.05) is 25.5 Å². The van der Waals surface area contributed by atoms with Gasteiger partial charge in [-0.3, -0.25) is 4.79 Å². The molecule has 2 aliphatic heterocycles. The Morgan fingerprint density at radius 1 is 1.23 bits per heavy atom. The lowest BCUT2D eigenvalue weighted by molar-refractivity contribution is -0.192. The highest BCUT2D eigenvalue weighted by Gasteiger charge is 2.50. The molecule has 1 N–H and O–H groups in total. The first-order valence-corrected chi connectivity index (χ1v) is 11.1. The smallest absolute Gasteiger partial charge is 0.475 e. The van der Waals surface area contributed by atoms with Crippen LogP contribution in [0.3, 0.4) is 0 Å². The van der Waals surface area contributed by atoms with E-state index in [1.54, 1.807) is 0 Å². The number of nitrogens with zero attached hydrogens (tertiary/aromatic N) is 4. The van der Waals surface area contributed by atoms with Crippen molar-refractivity contribution >= 4 is 17.6 Å².